The molecule has 0 spiro atoms. The van der Waals surface area contributed by atoms with Gasteiger partial charge in [0.1, 0.15) is 0 Å². The zero-order valence-electron chi connectivity index (χ0n) is 12.6. The minimum Gasteiger partial charge on any atom is -0.449 e. The maximum absolute atomic E-state index is 12.0. The number of aryl methyl sites for hydroxylation is 2. The van der Waals surface area contributed by atoms with Crippen LogP contribution in [0.1, 0.15) is 23.4 Å². The van der Waals surface area contributed by atoms with E-state index in [9.17, 15) is 4.79 Å². The number of fused-ring (bicyclic) bond motifs is 1. The van der Waals surface area contributed by atoms with Crippen molar-refractivity contribution in [3.63, 3.8) is 0 Å². The van der Waals surface area contributed by atoms with Gasteiger partial charge in [0.15, 0.2) is 11.9 Å². The van der Waals surface area contributed by atoms with Crippen molar-refractivity contribution in [1.82, 2.24) is 19.5 Å². The Bertz CT molecular complexity index is 725. The molecule has 2 aromatic heterocycles. The molecule has 2 heterocycles. The Morgan fingerprint density at radius 2 is 2.32 bits per heavy atom. The van der Waals surface area contributed by atoms with Crippen LogP contribution in [0.2, 0.25) is 0 Å². The zero-order chi connectivity index (χ0) is 15.5. The lowest BCUT2D eigenvalue weighted by atomic mass is 10.3. The van der Waals surface area contributed by atoms with E-state index in [1.807, 2.05) is 11.6 Å². The monoisotopic (exact) mass is 322 g/mol. The number of ether oxygens (including phenoxy) is 2. The molecule has 0 atom stereocenters. The smallest absolute Gasteiger partial charge is 0.254 e. The lowest BCUT2D eigenvalue weighted by Crippen LogP contribution is -2.15. The summed E-state index contributed by atoms with van der Waals surface area (Å²) in [5.41, 5.74) is 2.69. The van der Waals surface area contributed by atoms with Crippen molar-refractivity contribution >= 4 is 11.8 Å². The maximum atomic E-state index is 12.0. The first kappa shape index (κ1) is 15.1. The van der Waals surface area contributed by atoms with Crippen LogP contribution in [0, 0.1) is 0 Å². The number of thioether (sulfide) groups is 1. The minimum absolute atomic E-state index is 0.00846. The van der Waals surface area contributed by atoms with Crippen molar-refractivity contribution in [1.29, 1.82) is 0 Å². The van der Waals surface area contributed by atoms with Crippen LogP contribution in [0.25, 0.3) is 0 Å². The van der Waals surface area contributed by atoms with E-state index < -0.39 is 0 Å². The second-order valence-electron chi connectivity index (χ2n) is 5.10. The molecule has 0 fully saturated rings. The fraction of sp³-hybridized carbons (Fsp3) is 0.500. The van der Waals surface area contributed by atoms with E-state index in [-0.39, 0.29) is 12.4 Å². The van der Waals surface area contributed by atoms with Crippen LogP contribution >= 0.6 is 11.8 Å². The summed E-state index contributed by atoms with van der Waals surface area (Å²) in [5.74, 6) is 1.15. The SMILES string of the molecule is COCOc1ncn(C)c1CSc1nc2c(c(=O)[nH]1)CCC2. The van der Waals surface area contributed by atoms with Gasteiger partial charge in [-0.05, 0) is 19.3 Å². The predicted molar refractivity (Wildman–Crippen MR) is 82.2 cm³/mol. The Labute approximate surface area is 132 Å². The normalized spacial score (nSPS) is 13.4. The van der Waals surface area contributed by atoms with E-state index in [2.05, 4.69) is 15.0 Å². The summed E-state index contributed by atoms with van der Waals surface area (Å²) in [7, 11) is 3.47. The largest absolute Gasteiger partial charge is 0.449 e. The van der Waals surface area contributed by atoms with Gasteiger partial charge in [-0.15, -0.1) is 0 Å². The summed E-state index contributed by atoms with van der Waals surface area (Å²) in [4.78, 5) is 23.6. The fourth-order valence-electron chi connectivity index (χ4n) is 2.46. The van der Waals surface area contributed by atoms with Crippen molar-refractivity contribution in [2.45, 2.75) is 30.2 Å². The molecule has 1 aliphatic carbocycles. The van der Waals surface area contributed by atoms with Gasteiger partial charge in [-0.1, -0.05) is 11.8 Å². The third kappa shape index (κ3) is 3.02. The van der Waals surface area contributed by atoms with Crippen LogP contribution in [0.4, 0.5) is 0 Å². The third-order valence-electron chi connectivity index (χ3n) is 3.60. The van der Waals surface area contributed by atoms with E-state index in [0.29, 0.717) is 16.8 Å². The maximum Gasteiger partial charge on any atom is 0.254 e. The number of methoxy groups -OCH3 is 1. The molecule has 0 aliphatic heterocycles. The van der Waals surface area contributed by atoms with Gasteiger partial charge in [0, 0.05) is 25.5 Å². The molecular weight excluding hydrogens is 304 g/mol. The minimum atomic E-state index is -0.00846. The molecular formula is C14H18N4O3S. The van der Waals surface area contributed by atoms with Crippen LogP contribution in [0.5, 0.6) is 5.88 Å². The van der Waals surface area contributed by atoms with Gasteiger partial charge < -0.3 is 19.0 Å². The summed E-state index contributed by atoms with van der Waals surface area (Å²) < 4.78 is 12.2. The Morgan fingerprint density at radius 3 is 3.14 bits per heavy atom. The molecule has 1 aliphatic rings. The van der Waals surface area contributed by atoms with Gasteiger partial charge in [0.2, 0.25) is 5.88 Å². The van der Waals surface area contributed by atoms with Crippen molar-refractivity contribution in [3.05, 3.63) is 33.6 Å². The van der Waals surface area contributed by atoms with E-state index in [1.54, 1.807) is 13.4 Å². The lowest BCUT2D eigenvalue weighted by Gasteiger charge is -2.07. The highest BCUT2D eigenvalue weighted by atomic mass is 32.2. The molecule has 0 unspecified atom stereocenters. The van der Waals surface area contributed by atoms with Crippen molar-refractivity contribution < 1.29 is 9.47 Å². The van der Waals surface area contributed by atoms with E-state index in [4.69, 9.17) is 9.47 Å². The standard InChI is InChI=1S/C14H18N4O3S/c1-18-7-15-13(21-8-20-2)11(18)6-22-14-16-10-5-3-4-9(10)12(19)17-14/h7H,3-6,8H2,1-2H3,(H,16,17,19). The van der Waals surface area contributed by atoms with Crippen LogP contribution in [0.15, 0.2) is 16.3 Å². The molecule has 3 rings (SSSR count). The van der Waals surface area contributed by atoms with Gasteiger partial charge in [-0.3, -0.25) is 4.79 Å². The van der Waals surface area contributed by atoms with Crippen LogP contribution < -0.4 is 10.3 Å². The molecule has 2 aromatic rings. The second kappa shape index (κ2) is 6.53. The first-order valence-electron chi connectivity index (χ1n) is 7.06. The van der Waals surface area contributed by atoms with E-state index in [1.165, 1.54) is 11.8 Å². The molecule has 0 saturated heterocycles. The average molecular weight is 322 g/mol. The van der Waals surface area contributed by atoms with Gasteiger partial charge >= 0.3 is 0 Å². The quantitative estimate of drug-likeness (QED) is 0.490. The molecule has 0 amide bonds. The van der Waals surface area contributed by atoms with Crippen LogP contribution in [-0.2, 0) is 30.4 Å². The summed E-state index contributed by atoms with van der Waals surface area (Å²) in [6.07, 6.45) is 4.43. The molecule has 0 radical (unpaired) electrons. The number of aromatic nitrogens is 4. The molecule has 0 saturated carbocycles. The fourth-order valence-corrected chi connectivity index (χ4v) is 3.40. The second-order valence-corrected chi connectivity index (χ2v) is 6.06. The van der Waals surface area contributed by atoms with Gasteiger partial charge in [-0.25, -0.2) is 9.97 Å². The molecule has 8 heteroatoms. The summed E-state index contributed by atoms with van der Waals surface area (Å²) in [5, 5.41) is 0.643. The van der Waals surface area contributed by atoms with E-state index in [0.717, 1.165) is 36.2 Å². The summed E-state index contributed by atoms with van der Waals surface area (Å²) in [6, 6.07) is 0. The average Bonchev–Trinajstić information content (AvgIpc) is 3.10. The number of hydrogen-bond acceptors (Lipinski definition) is 6. The van der Waals surface area contributed by atoms with E-state index >= 15 is 0 Å². The molecule has 7 nitrogen and oxygen atoms in total. The van der Waals surface area contributed by atoms with Crippen molar-refractivity contribution in [3.8, 4) is 5.88 Å². The molecule has 0 aromatic carbocycles. The number of H-pyrrole nitrogens is 1. The lowest BCUT2D eigenvalue weighted by molar-refractivity contribution is 0.0475. The molecule has 0 bridgehead atoms. The number of rotatable bonds is 6. The van der Waals surface area contributed by atoms with Crippen molar-refractivity contribution in [2.24, 2.45) is 7.05 Å². The van der Waals surface area contributed by atoms with Crippen molar-refractivity contribution in [2.75, 3.05) is 13.9 Å². The topological polar surface area (TPSA) is 82.0 Å². The predicted octanol–water partition coefficient (Wildman–Crippen LogP) is 1.27. The number of imidazole rings is 1. The van der Waals surface area contributed by atoms with Gasteiger partial charge in [0.25, 0.3) is 5.56 Å². The number of hydrogen-bond donors (Lipinski definition) is 1. The van der Waals surface area contributed by atoms with Gasteiger partial charge in [-0.2, -0.15) is 0 Å². The Balaban J connectivity index is 1.74. The summed E-state index contributed by atoms with van der Waals surface area (Å²) >= 11 is 1.47. The molecule has 1 N–H and O–H groups in total. The third-order valence-corrected chi connectivity index (χ3v) is 4.48. The Kier molecular flexibility index (Phi) is 4.49. The molecule has 118 valence electrons. The summed E-state index contributed by atoms with van der Waals surface area (Å²) in [6.45, 7) is 0.155. The van der Waals surface area contributed by atoms with Crippen LogP contribution in [-0.4, -0.2) is 33.4 Å². The highest BCUT2D eigenvalue weighted by molar-refractivity contribution is 7.98. The number of aromatic amines is 1. The Morgan fingerprint density at radius 1 is 1.45 bits per heavy atom. The first-order chi connectivity index (χ1) is 10.7. The number of nitrogens with zero attached hydrogens (tertiary/aromatic N) is 3. The highest BCUT2D eigenvalue weighted by Crippen LogP contribution is 2.26. The van der Waals surface area contributed by atoms with Crippen LogP contribution in [0.3, 0.4) is 0 Å². The molecule has 22 heavy (non-hydrogen) atoms. The number of nitrogens with one attached hydrogen (secondary N) is 1. The first-order valence-corrected chi connectivity index (χ1v) is 8.04. The van der Waals surface area contributed by atoms with Gasteiger partial charge in [0.05, 0.1) is 17.7 Å². The zero-order valence-corrected chi connectivity index (χ0v) is 13.4. The highest BCUT2D eigenvalue weighted by Gasteiger charge is 2.18. The Hall–Kier alpha value is -1.80.